The quantitative estimate of drug-likeness (QED) is 0.0261. The van der Waals surface area contributed by atoms with E-state index in [0.717, 1.165) is 64.2 Å². The molecule has 1 rings (SSSR count). The second kappa shape index (κ2) is 64.9. The summed E-state index contributed by atoms with van der Waals surface area (Å²) >= 11 is 0. The van der Waals surface area contributed by atoms with E-state index in [1.807, 2.05) is 6.08 Å². The molecule has 1 saturated heterocycles. The van der Waals surface area contributed by atoms with Crippen LogP contribution >= 0.6 is 0 Å². The van der Waals surface area contributed by atoms with Gasteiger partial charge in [-0.3, -0.25) is 4.79 Å². The Morgan fingerprint density at radius 2 is 0.729 bits per heavy atom. The Balaban J connectivity index is 2.10. The Morgan fingerprint density at radius 1 is 0.412 bits per heavy atom. The molecule has 7 unspecified atom stereocenters. The van der Waals surface area contributed by atoms with Gasteiger partial charge in [0.15, 0.2) is 6.29 Å². The zero-order valence-electron chi connectivity index (χ0n) is 55.9. The molecule has 6 N–H and O–H groups in total. The molecule has 0 aliphatic carbocycles. The summed E-state index contributed by atoms with van der Waals surface area (Å²) in [6, 6.07) is -0.808. The van der Waals surface area contributed by atoms with Crippen molar-refractivity contribution in [1.29, 1.82) is 0 Å². The summed E-state index contributed by atoms with van der Waals surface area (Å²) in [4.78, 5) is 13.1. The number of amides is 1. The largest absolute Gasteiger partial charge is 0.394 e. The number of hydrogen-bond donors (Lipinski definition) is 6. The second-order valence-corrected chi connectivity index (χ2v) is 25.7. The van der Waals surface area contributed by atoms with E-state index in [-0.39, 0.29) is 12.5 Å². The molecular formula is C76H141NO8. The Bertz CT molecular complexity index is 1530. The standard InChI is InChI=1S/C76H141NO8/c1-3-5-7-9-11-13-15-17-19-21-23-25-27-29-31-33-35-37-39-41-43-45-47-49-51-53-55-57-59-61-63-65-70(79)69(68-84-76-75(83)74(82)73(81)71(67-78)85-76)77-72(80)66-64-62-60-58-56-54-52-50-48-46-44-42-40-38-36-34-32-30-28-26-24-22-20-18-16-14-12-10-8-6-4-2/h6,8,12,14,18,20,24,26,63,65,69-71,73-76,78-79,81-83H,3-5,7,9-11,13,15-17,19,21-23,25,27-62,64,66-68H2,1-2H3,(H,77,80)/b8-6-,14-12-,20-18-,26-24-,65-63+. The highest BCUT2D eigenvalue weighted by atomic mass is 16.7. The topological polar surface area (TPSA) is 149 Å². The number of nitrogens with one attached hydrogen (secondary N) is 1. The van der Waals surface area contributed by atoms with E-state index in [4.69, 9.17) is 9.47 Å². The van der Waals surface area contributed by atoms with Crippen molar-refractivity contribution in [2.75, 3.05) is 13.2 Å². The van der Waals surface area contributed by atoms with Crippen LogP contribution in [0.4, 0.5) is 0 Å². The Kier molecular flexibility index (Phi) is 61.7. The first-order chi connectivity index (χ1) is 41.8. The molecule has 498 valence electrons. The third-order valence-electron chi connectivity index (χ3n) is 17.6. The zero-order chi connectivity index (χ0) is 61.4. The number of ether oxygens (including phenoxy) is 2. The van der Waals surface area contributed by atoms with Gasteiger partial charge in [-0.05, 0) is 57.8 Å². The Labute approximate surface area is 526 Å². The number of carbonyl (C=O) groups excluding carboxylic acids is 1. The molecule has 9 nitrogen and oxygen atoms in total. The molecule has 0 aromatic carbocycles. The van der Waals surface area contributed by atoms with Gasteiger partial charge in [0, 0.05) is 6.42 Å². The SMILES string of the molecule is CC/C=C\C/C=C\C/C=C\C/C=C\CCCCCCCCCCCCCCCCCCCCC(=O)NC(COC1OC(CO)C(O)C(O)C1O)C(O)/C=C/CCCCCCCCCCCCCCCCCCCCCCCCCCCCCCC. The van der Waals surface area contributed by atoms with Gasteiger partial charge in [0.1, 0.15) is 24.4 Å². The van der Waals surface area contributed by atoms with Crippen LogP contribution in [0.15, 0.2) is 60.8 Å². The molecule has 7 atom stereocenters. The van der Waals surface area contributed by atoms with Crippen LogP contribution in [0, 0.1) is 0 Å². The maximum absolute atomic E-state index is 13.1. The lowest BCUT2D eigenvalue weighted by Crippen LogP contribution is -2.60. The van der Waals surface area contributed by atoms with Crippen LogP contribution in [0.1, 0.15) is 361 Å². The van der Waals surface area contributed by atoms with Gasteiger partial charge in [0.05, 0.1) is 25.4 Å². The molecule has 1 heterocycles. The lowest BCUT2D eigenvalue weighted by atomic mass is 9.99. The van der Waals surface area contributed by atoms with Gasteiger partial charge in [-0.1, -0.05) is 357 Å². The monoisotopic (exact) mass is 1200 g/mol. The predicted molar refractivity (Wildman–Crippen MR) is 364 cm³/mol. The molecule has 0 spiro atoms. The van der Waals surface area contributed by atoms with Crippen LogP contribution in [-0.4, -0.2) is 87.5 Å². The molecule has 9 heteroatoms. The smallest absolute Gasteiger partial charge is 0.220 e. The lowest BCUT2D eigenvalue weighted by molar-refractivity contribution is -0.302. The summed E-state index contributed by atoms with van der Waals surface area (Å²) in [7, 11) is 0. The maximum Gasteiger partial charge on any atom is 0.220 e. The van der Waals surface area contributed by atoms with Crippen molar-refractivity contribution in [3.63, 3.8) is 0 Å². The van der Waals surface area contributed by atoms with Crippen molar-refractivity contribution in [3.8, 4) is 0 Å². The van der Waals surface area contributed by atoms with Crippen molar-refractivity contribution in [3.05, 3.63) is 60.8 Å². The third kappa shape index (κ3) is 53.4. The van der Waals surface area contributed by atoms with Gasteiger partial charge >= 0.3 is 0 Å². The molecule has 0 saturated carbocycles. The fourth-order valence-corrected chi connectivity index (χ4v) is 11.9. The summed E-state index contributed by atoms with van der Waals surface area (Å²) in [5.74, 6) is -0.171. The van der Waals surface area contributed by atoms with E-state index < -0.39 is 49.5 Å². The summed E-state index contributed by atoms with van der Waals surface area (Å²) in [6.07, 6.45) is 83.4. The minimum atomic E-state index is -1.57. The number of carbonyl (C=O) groups is 1. The second-order valence-electron chi connectivity index (χ2n) is 25.7. The predicted octanol–water partition coefficient (Wildman–Crippen LogP) is 20.5. The summed E-state index contributed by atoms with van der Waals surface area (Å²) < 4.78 is 11.3. The zero-order valence-corrected chi connectivity index (χ0v) is 55.9. The average molecular weight is 1200 g/mol. The first-order valence-corrected chi connectivity index (χ1v) is 37.0. The first-order valence-electron chi connectivity index (χ1n) is 37.0. The van der Waals surface area contributed by atoms with Crippen LogP contribution in [0.3, 0.4) is 0 Å². The van der Waals surface area contributed by atoms with Gasteiger partial charge in [0.2, 0.25) is 5.91 Å². The number of allylic oxidation sites excluding steroid dienone is 9. The van der Waals surface area contributed by atoms with Crippen LogP contribution in [0.25, 0.3) is 0 Å². The molecule has 0 aromatic heterocycles. The van der Waals surface area contributed by atoms with Crippen LogP contribution < -0.4 is 5.32 Å². The van der Waals surface area contributed by atoms with E-state index in [1.165, 1.54) is 276 Å². The van der Waals surface area contributed by atoms with Crippen molar-refractivity contribution in [1.82, 2.24) is 5.32 Å². The molecule has 0 aromatic rings. The molecule has 85 heavy (non-hydrogen) atoms. The number of hydrogen-bond acceptors (Lipinski definition) is 8. The highest BCUT2D eigenvalue weighted by Crippen LogP contribution is 2.24. The van der Waals surface area contributed by atoms with Gasteiger partial charge in [0.25, 0.3) is 0 Å². The first kappa shape index (κ1) is 80.9. The van der Waals surface area contributed by atoms with Gasteiger partial charge in [-0.15, -0.1) is 0 Å². The molecule has 1 amide bonds. The van der Waals surface area contributed by atoms with Crippen LogP contribution in [0.2, 0.25) is 0 Å². The number of aliphatic hydroxyl groups excluding tert-OH is 5. The van der Waals surface area contributed by atoms with E-state index in [9.17, 15) is 30.3 Å². The summed E-state index contributed by atoms with van der Waals surface area (Å²) in [5, 5.41) is 54.9. The minimum Gasteiger partial charge on any atom is -0.394 e. The number of rotatable bonds is 65. The third-order valence-corrected chi connectivity index (χ3v) is 17.6. The number of aliphatic hydroxyl groups is 5. The minimum absolute atomic E-state index is 0.171. The fourth-order valence-electron chi connectivity index (χ4n) is 11.9. The van der Waals surface area contributed by atoms with E-state index in [2.05, 4.69) is 67.8 Å². The maximum atomic E-state index is 13.1. The van der Waals surface area contributed by atoms with E-state index >= 15 is 0 Å². The van der Waals surface area contributed by atoms with Gasteiger partial charge in [-0.2, -0.15) is 0 Å². The fraction of sp³-hybridized carbons (Fsp3) is 0.855. The van der Waals surface area contributed by atoms with E-state index in [1.54, 1.807) is 6.08 Å². The van der Waals surface area contributed by atoms with E-state index in [0.29, 0.717) is 6.42 Å². The highest BCUT2D eigenvalue weighted by Gasteiger charge is 2.44. The molecule has 0 bridgehead atoms. The molecular weight excluding hydrogens is 1050 g/mol. The summed E-state index contributed by atoms with van der Waals surface area (Å²) in [6.45, 7) is 3.72. The molecule has 1 aliphatic rings. The van der Waals surface area contributed by atoms with Crippen LogP contribution in [0.5, 0.6) is 0 Å². The lowest BCUT2D eigenvalue weighted by Gasteiger charge is -2.40. The Hall–Kier alpha value is -2.11. The van der Waals surface area contributed by atoms with Crippen LogP contribution in [-0.2, 0) is 14.3 Å². The highest BCUT2D eigenvalue weighted by molar-refractivity contribution is 5.76. The summed E-state index contributed by atoms with van der Waals surface area (Å²) in [5.41, 5.74) is 0. The van der Waals surface area contributed by atoms with Crippen molar-refractivity contribution < 1.29 is 39.8 Å². The van der Waals surface area contributed by atoms with Gasteiger partial charge in [-0.25, -0.2) is 0 Å². The molecule has 1 aliphatic heterocycles. The van der Waals surface area contributed by atoms with Crippen molar-refractivity contribution >= 4 is 5.91 Å². The van der Waals surface area contributed by atoms with Crippen molar-refractivity contribution in [2.45, 2.75) is 403 Å². The number of unbranched alkanes of at least 4 members (excludes halogenated alkanes) is 47. The van der Waals surface area contributed by atoms with Crippen molar-refractivity contribution in [2.24, 2.45) is 0 Å². The van der Waals surface area contributed by atoms with Gasteiger partial charge < -0.3 is 40.3 Å². The molecule has 0 radical (unpaired) electrons. The normalized spacial score (nSPS) is 18.4. The Morgan fingerprint density at radius 3 is 1.08 bits per heavy atom. The average Bonchev–Trinajstić information content (AvgIpc) is 3.54. The molecule has 1 fully saturated rings.